The second-order valence-corrected chi connectivity index (χ2v) is 5.21. The topological polar surface area (TPSA) is 66.1 Å². The lowest BCUT2D eigenvalue weighted by molar-refractivity contribution is -0.137. The third-order valence-electron chi connectivity index (χ3n) is 3.16. The number of aryl methyl sites for hydroxylation is 1. The van der Waals surface area contributed by atoms with Crippen LogP contribution >= 0.6 is 11.6 Å². The fourth-order valence-electron chi connectivity index (χ4n) is 2.05. The number of nitrogens with zero attached hydrogens (tertiary/aromatic N) is 3. The molecule has 0 saturated heterocycles. The summed E-state index contributed by atoms with van der Waals surface area (Å²) in [4.78, 5) is 23.4. The first-order valence-electron chi connectivity index (χ1n) is 7.06. The van der Waals surface area contributed by atoms with Crippen LogP contribution in [0.25, 0.3) is 11.8 Å². The zero-order valence-corrected chi connectivity index (χ0v) is 13.9. The highest BCUT2D eigenvalue weighted by molar-refractivity contribution is 6.32. The Balaban J connectivity index is 2.53. The number of esters is 1. The Hall–Kier alpha value is -2.55. The molecule has 2 aromatic rings. The van der Waals surface area contributed by atoms with Gasteiger partial charge < -0.3 is 4.74 Å². The van der Waals surface area contributed by atoms with Gasteiger partial charge in [0.05, 0.1) is 11.6 Å². The van der Waals surface area contributed by atoms with Gasteiger partial charge in [0.15, 0.2) is 5.82 Å². The number of carbonyl (C=O) groups is 1. The molecule has 1 aromatic heterocycles. The van der Waals surface area contributed by atoms with E-state index < -0.39 is 24.0 Å². The van der Waals surface area contributed by atoms with E-state index in [1.165, 1.54) is 13.0 Å². The first-order valence-corrected chi connectivity index (χ1v) is 7.44. The first kappa shape index (κ1) is 18.8. The minimum atomic E-state index is -3.11. The largest absolute Gasteiger partial charge is 0.463 e. The highest BCUT2D eigenvalue weighted by atomic mass is 35.5. The van der Waals surface area contributed by atoms with E-state index >= 15 is 0 Å². The maximum Gasteiger partial charge on any atom is 0.355 e. The van der Waals surface area contributed by atoms with Crippen molar-refractivity contribution in [2.75, 3.05) is 6.61 Å². The number of hydrogen-bond acceptors (Lipinski definition) is 4. The van der Waals surface area contributed by atoms with Crippen LogP contribution < -0.4 is 5.69 Å². The number of ether oxygens (including phenoxy) is 1. The van der Waals surface area contributed by atoms with Crippen LogP contribution in [0.4, 0.5) is 13.2 Å². The molecule has 1 aromatic carbocycles. The standard InChI is InChI=1S/C15H13ClF3N3O3/c1-3-25-13(23)5-4-9-6-12(11(17)7-10(9)16)22-15(24)21(14(18)19)8(2)20-22/h4-7,14H,3H2,1-2H3. The third kappa shape index (κ3) is 3.93. The van der Waals surface area contributed by atoms with E-state index in [4.69, 9.17) is 16.3 Å². The van der Waals surface area contributed by atoms with E-state index in [-0.39, 0.29) is 33.3 Å². The maximum atomic E-state index is 14.2. The van der Waals surface area contributed by atoms with Crippen LogP contribution in [-0.4, -0.2) is 26.9 Å². The maximum absolute atomic E-state index is 14.2. The van der Waals surface area contributed by atoms with Gasteiger partial charge in [-0.3, -0.25) is 0 Å². The Morgan fingerprint density at radius 1 is 1.44 bits per heavy atom. The zero-order chi connectivity index (χ0) is 18.7. The van der Waals surface area contributed by atoms with Crippen molar-refractivity contribution in [3.05, 3.63) is 50.9 Å². The van der Waals surface area contributed by atoms with Crippen LogP contribution in [0.5, 0.6) is 0 Å². The van der Waals surface area contributed by atoms with Crippen molar-refractivity contribution >= 4 is 23.6 Å². The second-order valence-electron chi connectivity index (χ2n) is 4.80. The summed E-state index contributed by atoms with van der Waals surface area (Å²) in [5.74, 6) is -1.85. The molecule has 0 aliphatic rings. The Labute approximate surface area is 145 Å². The molecule has 0 spiro atoms. The van der Waals surface area contributed by atoms with Gasteiger partial charge in [0.2, 0.25) is 0 Å². The Morgan fingerprint density at radius 3 is 2.68 bits per heavy atom. The van der Waals surface area contributed by atoms with Gasteiger partial charge in [-0.15, -0.1) is 5.10 Å². The normalized spacial score (nSPS) is 11.5. The van der Waals surface area contributed by atoms with E-state index in [1.54, 1.807) is 6.92 Å². The highest BCUT2D eigenvalue weighted by Gasteiger charge is 2.20. The van der Waals surface area contributed by atoms with Gasteiger partial charge in [-0.2, -0.15) is 13.5 Å². The van der Waals surface area contributed by atoms with Gasteiger partial charge in [0.1, 0.15) is 11.5 Å². The summed E-state index contributed by atoms with van der Waals surface area (Å²) in [5.41, 5.74) is -1.39. The van der Waals surface area contributed by atoms with E-state index in [2.05, 4.69) is 5.10 Å². The molecule has 0 N–H and O–H groups in total. The van der Waals surface area contributed by atoms with Crippen molar-refractivity contribution in [2.24, 2.45) is 0 Å². The number of hydrogen-bond donors (Lipinski definition) is 0. The molecule has 10 heteroatoms. The summed E-state index contributed by atoms with van der Waals surface area (Å²) in [6.45, 7) is -0.118. The number of benzene rings is 1. The number of halogens is 4. The van der Waals surface area contributed by atoms with Crippen molar-refractivity contribution in [1.29, 1.82) is 0 Å². The predicted molar refractivity (Wildman–Crippen MR) is 84.4 cm³/mol. The van der Waals surface area contributed by atoms with Gasteiger partial charge in [-0.1, -0.05) is 11.6 Å². The van der Waals surface area contributed by atoms with Crippen LogP contribution in [0.1, 0.15) is 24.9 Å². The molecule has 0 unspecified atom stereocenters. The monoisotopic (exact) mass is 375 g/mol. The lowest BCUT2D eigenvalue weighted by atomic mass is 10.1. The van der Waals surface area contributed by atoms with Gasteiger partial charge >= 0.3 is 18.2 Å². The minimum Gasteiger partial charge on any atom is -0.463 e. The molecule has 0 radical (unpaired) electrons. The van der Waals surface area contributed by atoms with E-state index in [0.717, 1.165) is 18.2 Å². The van der Waals surface area contributed by atoms with Crippen LogP contribution in [0.2, 0.25) is 5.02 Å². The molecule has 2 rings (SSSR count). The summed E-state index contributed by atoms with van der Waals surface area (Å²) in [5, 5.41) is 3.60. The van der Waals surface area contributed by atoms with Crippen LogP contribution in [0, 0.1) is 12.7 Å². The van der Waals surface area contributed by atoms with Gasteiger partial charge in [0, 0.05) is 6.08 Å². The van der Waals surface area contributed by atoms with Crippen molar-refractivity contribution < 1.29 is 22.7 Å². The van der Waals surface area contributed by atoms with Crippen molar-refractivity contribution in [1.82, 2.24) is 14.3 Å². The molecule has 0 atom stereocenters. The number of carbonyl (C=O) groups excluding carboxylic acids is 1. The molecule has 0 aliphatic carbocycles. The summed E-state index contributed by atoms with van der Waals surface area (Å²) >= 11 is 5.90. The Kier molecular flexibility index (Phi) is 5.68. The van der Waals surface area contributed by atoms with Crippen molar-refractivity contribution in [2.45, 2.75) is 20.4 Å². The van der Waals surface area contributed by atoms with Crippen molar-refractivity contribution in [3.63, 3.8) is 0 Å². The van der Waals surface area contributed by atoms with E-state index in [0.29, 0.717) is 4.68 Å². The molecular formula is C15H13ClF3N3O3. The molecular weight excluding hydrogens is 363 g/mol. The Bertz CT molecular complexity index is 890. The van der Waals surface area contributed by atoms with Crippen molar-refractivity contribution in [3.8, 4) is 5.69 Å². The van der Waals surface area contributed by atoms with E-state index in [1.807, 2.05) is 0 Å². The SMILES string of the molecule is CCOC(=O)C=Cc1cc(-n2nc(C)n(C(F)F)c2=O)c(F)cc1Cl. The van der Waals surface area contributed by atoms with Crippen LogP contribution in [0.3, 0.4) is 0 Å². The lowest BCUT2D eigenvalue weighted by Crippen LogP contribution is -2.25. The smallest absolute Gasteiger partial charge is 0.355 e. The molecule has 6 nitrogen and oxygen atoms in total. The average molecular weight is 376 g/mol. The summed E-state index contributed by atoms with van der Waals surface area (Å²) in [7, 11) is 0. The minimum absolute atomic E-state index is 0.0418. The fraction of sp³-hybridized carbons (Fsp3) is 0.267. The molecule has 0 fully saturated rings. The molecule has 1 heterocycles. The Morgan fingerprint density at radius 2 is 2.12 bits per heavy atom. The highest BCUT2D eigenvalue weighted by Crippen LogP contribution is 2.24. The van der Waals surface area contributed by atoms with E-state index in [9.17, 15) is 22.8 Å². The number of rotatable bonds is 5. The zero-order valence-electron chi connectivity index (χ0n) is 13.2. The van der Waals surface area contributed by atoms with Crippen LogP contribution in [-0.2, 0) is 9.53 Å². The van der Waals surface area contributed by atoms with Gasteiger partial charge in [0.25, 0.3) is 0 Å². The summed E-state index contributed by atoms with van der Waals surface area (Å²) < 4.78 is 45.3. The fourth-order valence-corrected chi connectivity index (χ4v) is 2.26. The quantitative estimate of drug-likeness (QED) is 0.595. The molecule has 134 valence electrons. The molecule has 0 aliphatic heterocycles. The van der Waals surface area contributed by atoms with Crippen LogP contribution in [0.15, 0.2) is 23.0 Å². The molecule has 0 saturated carbocycles. The second kappa shape index (κ2) is 7.56. The summed E-state index contributed by atoms with van der Waals surface area (Å²) in [6.07, 6.45) is 2.32. The predicted octanol–water partition coefficient (Wildman–Crippen LogP) is 3.11. The molecule has 0 amide bonds. The average Bonchev–Trinajstić information content (AvgIpc) is 2.81. The van der Waals surface area contributed by atoms with Gasteiger partial charge in [-0.25, -0.2) is 18.5 Å². The third-order valence-corrected chi connectivity index (χ3v) is 3.48. The van der Waals surface area contributed by atoms with Gasteiger partial charge in [-0.05, 0) is 37.6 Å². The number of alkyl halides is 2. The first-order chi connectivity index (χ1) is 11.8. The number of aromatic nitrogens is 3. The lowest BCUT2D eigenvalue weighted by Gasteiger charge is -2.06. The molecule has 0 bridgehead atoms. The summed E-state index contributed by atoms with van der Waals surface area (Å²) in [6, 6.07) is 2.02. The molecule has 25 heavy (non-hydrogen) atoms.